The van der Waals surface area contributed by atoms with Crippen LogP contribution in [0.1, 0.15) is 38.5 Å². The van der Waals surface area contributed by atoms with Crippen molar-refractivity contribution in [2.24, 2.45) is 5.92 Å². The number of hydrogen-bond donors (Lipinski definition) is 1. The molecule has 94 valence electrons. The predicted molar refractivity (Wildman–Crippen MR) is 80.5 cm³/mol. The Morgan fingerprint density at radius 2 is 2.00 bits per heavy atom. The molecule has 1 saturated carbocycles. The zero-order chi connectivity index (χ0) is 12.1. The fourth-order valence-electron chi connectivity index (χ4n) is 2.44. The second-order valence-corrected chi connectivity index (χ2v) is 6.88. The standard InChI is InChI=1S/C14H20BrNS/c15-12-6-7-13(16)14(10-12)17-9-8-11-4-2-1-3-5-11/h6-7,10-11H,1-5,8-9,16H2. The van der Waals surface area contributed by atoms with E-state index in [0.29, 0.717) is 0 Å². The molecule has 0 spiro atoms. The summed E-state index contributed by atoms with van der Waals surface area (Å²) in [4.78, 5) is 1.22. The molecule has 1 aromatic rings. The van der Waals surface area contributed by atoms with Gasteiger partial charge in [0.05, 0.1) is 0 Å². The van der Waals surface area contributed by atoms with Crippen molar-refractivity contribution in [1.82, 2.24) is 0 Å². The topological polar surface area (TPSA) is 26.0 Å². The van der Waals surface area contributed by atoms with Crippen molar-refractivity contribution < 1.29 is 0 Å². The van der Waals surface area contributed by atoms with Gasteiger partial charge in [0.25, 0.3) is 0 Å². The summed E-state index contributed by atoms with van der Waals surface area (Å²) in [6.07, 6.45) is 8.55. The van der Waals surface area contributed by atoms with Crippen LogP contribution in [0.3, 0.4) is 0 Å². The summed E-state index contributed by atoms with van der Waals surface area (Å²) in [5, 5.41) is 0. The SMILES string of the molecule is Nc1ccc(Br)cc1SCCC1CCCCC1. The molecule has 0 radical (unpaired) electrons. The summed E-state index contributed by atoms with van der Waals surface area (Å²) in [5.74, 6) is 2.16. The van der Waals surface area contributed by atoms with Gasteiger partial charge in [0.1, 0.15) is 0 Å². The maximum atomic E-state index is 5.97. The fourth-order valence-corrected chi connectivity index (χ4v) is 4.07. The minimum atomic E-state index is 0.904. The van der Waals surface area contributed by atoms with E-state index >= 15 is 0 Å². The molecule has 0 unspecified atom stereocenters. The van der Waals surface area contributed by atoms with Crippen LogP contribution in [-0.2, 0) is 0 Å². The van der Waals surface area contributed by atoms with E-state index < -0.39 is 0 Å². The highest BCUT2D eigenvalue weighted by Gasteiger charge is 2.13. The number of halogens is 1. The Kier molecular flexibility index (Phi) is 5.23. The largest absolute Gasteiger partial charge is 0.398 e. The second-order valence-electron chi connectivity index (χ2n) is 4.82. The normalized spacial score (nSPS) is 17.2. The molecule has 0 bridgehead atoms. The van der Waals surface area contributed by atoms with Crippen molar-refractivity contribution in [3.63, 3.8) is 0 Å². The molecular weight excluding hydrogens is 294 g/mol. The molecule has 3 heteroatoms. The molecule has 1 aliphatic rings. The van der Waals surface area contributed by atoms with Gasteiger partial charge in [-0.1, -0.05) is 48.0 Å². The maximum absolute atomic E-state index is 5.97. The van der Waals surface area contributed by atoms with Crippen LogP contribution < -0.4 is 5.73 Å². The molecule has 1 nitrogen and oxygen atoms in total. The lowest BCUT2D eigenvalue weighted by Crippen LogP contribution is -2.06. The maximum Gasteiger partial charge on any atom is 0.0453 e. The van der Waals surface area contributed by atoms with Crippen molar-refractivity contribution in [2.75, 3.05) is 11.5 Å². The molecule has 0 amide bonds. The molecule has 1 aliphatic carbocycles. The van der Waals surface area contributed by atoms with E-state index in [1.165, 1.54) is 49.2 Å². The Labute approximate surface area is 117 Å². The van der Waals surface area contributed by atoms with Crippen molar-refractivity contribution >= 4 is 33.4 Å². The Balaban J connectivity index is 1.79. The van der Waals surface area contributed by atoms with Gasteiger partial charge in [-0.15, -0.1) is 11.8 Å². The van der Waals surface area contributed by atoms with Gasteiger partial charge in [0.15, 0.2) is 0 Å². The quantitative estimate of drug-likeness (QED) is 0.618. The number of benzene rings is 1. The molecular formula is C14H20BrNS. The number of nitrogens with two attached hydrogens (primary N) is 1. The van der Waals surface area contributed by atoms with Crippen LogP contribution in [-0.4, -0.2) is 5.75 Å². The first-order valence-electron chi connectivity index (χ1n) is 6.43. The summed E-state index contributed by atoms with van der Waals surface area (Å²) < 4.78 is 1.12. The zero-order valence-electron chi connectivity index (χ0n) is 10.1. The number of rotatable bonds is 4. The highest BCUT2D eigenvalue weighted by Crippen LogP contribution is 2.32. The van der Waals surface area contributed by atoms with Gasteiger partial charge < -0.3 is 5.73 Å². The van der Waals surface area contributed by atoms with Crippen LogP contribution in [0.4, 0.5) is 5.69 Å². The van der Waals surface area contributed by atoms with Crippen LogP contribution >= 0.6 is 27.7 Å². The van der Waals surface area contributed by atoms with E-state index in [1.807, 2.05) is 23.9 Å². The number of anilines is 1. The van der Waals surface area contributed by atoms with E-state index in [2.05, 4.69) is 22.0 Å². The van der Waals surface area contributed by atoms with Crippen molar-refractivity contribution in [3.05, 3.63) is 22.7 Å². The fraction of sp³-hybridized carbons (Fsp3) is 0.571. The van der Waals surface area contributed by atoms with Gasteiger partial charge in [-0.3, -0.25) is 0 Å². The lowest BCUT2D eigenvalue weighted by molar-refractivity contribution is 0.351. The van der Waals surface area contributed by atoms with Crippen LogP contribution in [0, 0.1) is 5.92 Å². The first kappa shape index (κ1) is 13.3. The van der Waals surface area contributed by atoms with Crippen molar-refractivity contribution in [2.45, 2.75) is 43.4 Å². The third-order valence-electron chi connectivity index (χ3n) is 3.48. The molecule has 0 heterocycles. The van der Waals surface area contributed by atoms with Crippen LogP contribution in [0.15, 0.2) is 27.6 Å². The van der Waals surface area contributed by atoms with Gasteiger partial charge in [0.2, 0.25) is 0 Å². The second kappa shape index (κ2) is 6.69. The minimum Gasteiger partial charge on any atom is -0.398 e. The summed E-state index contributed by atoms with van der Waals surface area (Å²) in [7, 11) is 0. The van der Waals surface area contributed by atoms with Crippen molar-refractivity contribution in [1.29, 1.82) is 0 Å². The number of thioether (sulfide) groups is 1. The van der Waals surface area contributed by atoms with Gasteiger partial charge >= 0.3 is 0 Å². The summed E-state index contributed by atoms with van der Waals surface area (Å²) in [5.41, 5.74) is 6.87. The smallest absolute Gasteiger partial charge is 0.0453 e. The Hall–Kier alpha value is -0.150. The summed E-state index contributed by atoms with van der Waals surface area (Å²) >= 11 is 5.40. The third-order valence-corrected chi connectivity index (χ3v) is 5.08. The Morgan fingerprint density at radius 3 is 2.76 bits per heavy atom. The number of hydrogen-bond acceptors (Lipinski definition) is 2. The summed E-state index contributed by atoms with van der Waals surface area (Å²) in [6, 6.07) is 6.11. The molecule has 2 N–H and O–H groups in total. The van der Waals surface area contributed by atoms with E-state index in [9.17, 15) is 0 Å². The third kappa shape index (κ3) is 4.22. The monoisotopic (exact) mass is 313 g/mol. The first-order chi connectivity index (χ1) is 8.25. The van der Waals surface area contributed by atoms with E-state index in [0.717, 1.165) is 16.1 Å². The van der Waals surface area contributed by atoms with E-state index in [1.54, 1.807) is 0 Å². The van der Waals surface area contributed by atoms with Crippen LogP contribution in [0.2, 0.25) is 0 Å². The molecule has 1 aromatic carbocycles. The van der Waals surface area contributed by atoms with Crippen LogP contribution in [0.25, 0.3) is 0 Å². The highest BCUT2D eigenvalue weighted by atomic mass is 79.9. The molecule has 2 rings (SSSR count). The van der Waals surface area contributed by atoms with E-state index in [-0.39, 0.29) is 0 Å². The summed E-state index contributed by atoms with van der Waals surface area (Å²) in [6.45, 7) is 0. The zero-order valence-corrected chi connectivity index (χ0v) is 12.5. The average molecular weight is 314 g/mol. The van der Waals surface area contributed by atoms with Crippen molar-refractivity contribution in [3.8, 4) is 0 Å². The molecule has 0 aromatic heterocycles. The van der Waals surface area contributed by atoms with E-state index in [4.69, 9.17) is 5.73 Å². The molecule has 1 fully saturated rings. The number of nitrogen functional groups attached to an aromatic ring is 1. The minimum absolute atomic E-state index is 0.904. The Morgan fingerprint density at radius 1 is 1.24 bits per heavy atom. The first-order valence-corrected chi connectivity index (χ1v) is 8.21. The Bertz CT molecular complexity index is 361. The lowest BCUT2D eigenvalue weighted by atomic mass is 9.88. The predicted octanol–water partition coefficient (Wildman–Crippen LogP) is 5.09. The lowest BCUT2D eigenvalue weighted by Gasteiger charge is -2.21. The molecule has 0 atom stereocenters. The molecule has 17 heavy (non-hydrogen) atoms. The highest BCUT2D eigenvalue weighted by molar-refractivity contribution is 9.10. The van der Waals surface area contributed by atoms with Gasteiger partial charge in [-0.05, 0) is 36.3 Å². The van der Waals surface area contributed by atoms with Gasteiger partial charge in [-0.25, -0.2) is 0 Å². The molecule has 0 saturated heterocycles. The van der Waals surface area contributed by atoms with Gasteiger partial charge in [0, 0.05) is 15.1 Å². The van der Waals surface area contributed by atoms with Gasteiger partial charge in [-0.2, -0.15) is 0 Å². The molecule has 0 aliphatic heterocycles. The average Bonchev–Trinajstić information content (AvgIpc) is 2.35. The van der Waals surface area contributed by atoms with Crippen LogP contribution in [0.5, 0.6) is 0 Å².